The van der Waals surface area contributed by atoms with Crippen molar-refractivity contribution in [3.8, 4) is 0 Å². The van der Waals surface area contributed by atoms with Gasteiger partial charge in [-0.1, -0.05) is 53.7 Å². The fourth-order valence-electron chi connectivity index (χ4n) is 4.61. The number of piperidine rings is 1. The van der Waals surface area contributed by atoms with Crippen LogP contribution in [0.5, 0.6) is 0 Å². The van der Waals surface area contributed by atoms with Gasteiger partial charge in [-0.25, -0.2) is 8.42 Å². The van der Waals surface area contributed by atoms with Crippen LogP contribution in [0.15, 0.2) is 88.5 Å². The standard InChI is InChI=1S/C26H26N4O3S/c1-20-12-15-27-19-21(20)18-24-28-25(33-29-24)26(22-8-4-2-5-9-22)13-16-30(17-14-26)34(31,32)23-10-6-3-7-11-23/h2-12,15,19H,13-14,16-18H2,1H3. The normalized spacial score (nSPS) is 16.4. The molecule has 3 heterocycles. The SMILES string of the molecule is Cc1ccncc1Cc1noc(C2(c3ccccc3)CCN(S(=O)(=O)c3ccccc3)CC2)n1. The van der Waals surface area contributed by atoms with Crippen LogP contribution in [-0.2, 0) is 21.9 Å². The first kappa shape index (κ1) is 22.4. The number of rotatable bonds is 6. The fourth-order valence-corrected chi connectivity index (χ4v) is 6.07. The summed E-state index contributed by atoms with van der Waals surface area (Å²) in [6.45, 7) is 2.77. The van der Waals surface area contributed by atoms with Gasteiger partial charge in [0.15, 0.2) is 5.82 Å². The third-order valence-electron chi connectivity index (χ3n) is 6.66. The zero-order valence-corrected chi connectivity index (χ0v) is 19.8. The Hall–Kier alpha value is -3.36. The van der Waals surface area contributed by atoms with Crippen molar-refractivity contribution in [2.24, 2.45) is 0 Å². The van der Waals surface area contributed by atoms with E-state index in [0.29, 0.717) is 49.0 Å². The van der Waals surface area contributed by atoms with Crippen molar-refractivity contribution in [3.63, 3.8) is 0 Å². The average Bonchev–Trinajstić information content (AvgIpc) is 3.36. The van der Waals surface area contributed by atoms with E-state index in [0.717, 1.165) is 16.7 Å². The molecule has 0 amide bonds. The molecule has 34 heavy (non-hydrogen) atoms. The monoisotopic (exact) mass is 474 g/mol. The first-order valence-corrected chi connectivity index (χ1v) is 12.8. The summed E-state index contributed by atoms with van der Waals surface area (Å²) >= 11 is 0. The highest BCUT2D eigenvalue weighted by Gasteiger charge is 2.45. The van der Waals surface area contributed by atoms with Gasteiger partial charge in [0.05, 0.1) is 10.3 Å². The van der Waals surface area contributed by atoms with E-state index >= 15 is 0 Å². The molecule has 0 bridgehead atoms. The summed E-state index contributed by atoms with van der Waals surface area (Å²) in [7, 11) is -3.56. The molecule has 0 saturated carbocycles. The Balaban J connectivity index is 1.45. The van der Waals surface area contributed by atoms with Crippen LogP contribution in [0.25, 0.3) is 0 Å². The van der Waals surface area contributed by atoms with E-state index in [1.54, 1.807) is 34.8 Å². The number of pyridine rings is 1. The summed E-state index contributed by atoms with van der Waals surface area (Å²) in [4.78, 5) is 9.31. The Labute approximate surface area is 199 Å². The van der Waals surface area contributed by atoms with Crippen LogP contribution >= 0.6 is 0 Å². The molecule has 0 N–H and O–H groups in total. The summed E-state index contributed by atoms with van der Waals surface area (Å²) in [6, 6.07) is 20.6. The number of hydrogen-bond donors (Lipinski definition) is 0. The number of benzene rings is 2. The van der Waals surface area contributed by atoms with E-state index in [9.17, 15) is 8.42 Å². The fraction of sp³-hybridized carbons (Fsp3) is 0.269. The third kappa shape index (κ3) is 4.15. The molecule has 1 aliphatic rings. The van der Waals surface area contributed by atoms with Gasteiger partial charge in [-0.3, -0.25) is 4.98 Å². The molecule has 5 rings (SSSR count). The average molecular weight is 475 g/mol. The smallest absolute Gasteiger partial charge is 0.243 e. The second-order valence-corrected chi connectivity index (χ2v) is 10.6. The first-order chi connectivity index (χ1) is 16.5. The molecule has 8 heteroatoms. The van der Waals surface area contributed by atoms with Crippen molar-refractivity contribution in [2.45, 2.75) is 36.5 Å². The zero-order valence-electron chi connectivity index (χ0n) is 19.0. The van der Waals surface area contributed by atoms with Crippen LogP contribution in [0.4, 0.5) is 0 Å². The highest BCUT2D eigenvalue weighted by atomic mass is 32.2. The number of nitrogens with zero attached hydrogens (tertiary/aromatic N) is 4. The largest absolute Gasteiger partial charge is 0.338 e. The van der Waals surface area contributed by atoms with Gasteiger partial charge in [-0.2, -0.15) is 9.29 Å². The molecule has 174 valence electrons. The molecule has 0 unspecified atom stereocenters. The molecular formula is C26H26N4O3S. The van der Waals surface area contributed by atoms with Gasteiger partial charge in [0.2, 0.25) is 15.9 Å². The molecule has 1 saturated heterocycles. The number of aryl methyl sites for hydroxylation is 1. The van der Waals surface area contributed by atoms with E-state index in [-0.39, 0.29) is 0 Å². The first-order valence-electron chi connectivity index (χ1n) is 11.3. The van der Waals surface area contributed by atoms with Gasteiger partial charge >= 0.3 is 0 Å². The minimum Gasteiger partial charge on any atom is -0.338 e. The van der Waals surface area contributed by atoms with Gasteiger partial charge in [-0.15, -0.1) is 0 Å². The highest BCUT2D eigenvalue weighted by Crippen LogP contribution is 2.42. The van der Waals surface area contributed by atoms with Crippen LogP contribution < -0.4 is 0 Å². The van der Waals surface area contributed by atoms with E-state index in [2.05, 4.69) is 22.3 Å². The maximum absolute atomic E-state index is 13.2. The molecule has 2 aromatic heterocycles. The predicted octanol–water partition coefficient (Wildman–Crippen LogP) is 4.13. The van der Waals surface area contributed by atoms with Crippen molar-refractivity contribution in [1.82, 2.24) is 19.4 Å². The van der Waals surface area contributed by atoms with Crippen molar-refractivity contribution in [3.05, 3.63) is 108 Å². The summed E-state index contributed by atoms with van der Waals surface area (Å²) in [5.41, 5.74) is 2.68. The molecule has 0 atom stereocenters. The Morgan fingerprint density at radius 3 is 2.32 bits per heavy atom. The van der Waals surface area contributed by atoms with Gasteiger partial charge in [0, 0.05) is 31.9 Å². The van der Waals surface area contributed by atoms with Crippen LogP contribution in [0, 0.1) is 6.92 Å². The van der Waals surface area contributed by atoms with Crippen LogP contribution in [0.1, 0.15) is 41.2 Å². The summed E-state index contributed by atoms with van der Waals surface area (Å²) in [5, 5.41) is 4.27. The Morgan fingerprint density at radius 2 is 1.65 bits per heavy atom. The molecule has 7 nitrogen and oxygen atoms in total. The van der Waals surface area contributed by atoms with Crippen LogP contribution in [-0.4, -0.2) is 40.9 Å². The maximum atomic E-state index is 13.2. The second kappa shape index (κ2) is 9.12. The molecular weight excluding hydrogens is 448 g/mol. The lowest BCUT2D eigenvalue weighted by Crippen LogP contribution is -2.45. The van der Waals surface area contributed by atoms with Crippen molar-refractivity contribution < 1.29 is 12.9 Å². The Morgan fingerprint density at radius 1 is 0.971 bits per heavy atom. The third-order valence-corrected chi connectivity index (χ3v) is 8.57. The molecule has 0 radical (unpaired) electrons. The molecule has 0 spiro atoms. The zero-order chi connectivity index (χ0) is 23.6. The van der Waals surface area contributed by atoms with Gasteiger partial charge in [0.1, 0.15) is 0 Å². The second-order valence-electron chi connectivity index (χ2n) is 8.66. The molecule has 2 aromatic carbocycles. The van der Waals surface area contributed by atoms with Crippen LogP contribution in [0.3, 0.4) is 0 Å². The van der Waals surface area contributed by atoms with E-state index in [1.165, 1.54) is 0 Å². The van der Waals surface area contributed by atoms with Crippen molar-refractivity contribution in [2.75, 3.05) is 13.1 Å². The topological polar surface area (TPSA) is 89.2 Å². The summed E-state index contributed by atoms with van der Waals surface area (Å²) < 4.78 is 33.7. The number of sulfonamides is 1. The lowest BCUT2D eigenvalue weighted by molar-refractivity contribution is 0.214. The maximum Gasteiger partial charge on any atom is 0.243 e. The minimum atomic E-state index is -3.56. The van der Waals surface area contributed by atoms with E-state index in [1.807, 2.05) is 43.5 Å². The van der Waals surface area contributed by atoms with Gasteiger partial charge in [0.25, 0.3) is 0 Å². The van der Waals surface area contributed by atoms with E-state index < -0.39 is 15.4 Å². The molecule has 1 aliphatic heterocycles. The van der Waals surface area contributed by atoms with Crippen molar-refractivity contribution >= 4 is 10.0 Å². The predicted molar refractivity (Wildman–Crippen MR) is 128 cm³/mol. The quantitative estimate of drug-likeness (QED) is 0.417. The highest BCUT2D eigenvalue weighted by molar-refractivity contribution is 7.89. The summed E-state index contributed by atoms with van der Waals surface area (Å²) in [6.07, 6.45) is 5.23. The number of aromatic nitrogens is 3. The molecule has 0 aliphatic carbocycles. The van der Waals surface area contributed by atoms with Gasteiger partial charge < -0.3 is 4.52 Å². The Bertz CT molecular complexity index is 1360. The number of hydrogen-bond acceptors (Lipinski definition) is 6. The molecule has 1 fully saturated rings. The lowest BCUT2D eigenvalue weighted by atomic mass is 9.73. The van der Waals surface area contributed by atoms with Crippen molar-refractivity contribution in [1.29, 1.82) is 0 Å². The Kier molecular flexibility index (Phi) is 6.02. The van der Waals surface area contributed by atoms with Crippen LogP contribution in [0.2, 0.25) is 0 Å². The minimum absolute atomic E-state index is 0.314. The van der Waals surface area contributed by atoms with Gasteiger partial charge in [-0.05, 0) is 54.7 Å². The summed E-state index contributed by atoms with van der Waals surface area (Å²) in [5.74, 6) is 1.13. The lowest BCUT2D eigenvalue weighted by Gasteiger charge is -2.39. The van der Waals surface area contributed by atoms with E-state index in [4.69, 9.17) is 9.51 Å². The molecule has 4 aromatic rings.